The summed E-state index contributed by atoms with van der Waals surface area (Å²) in [5.41, 5.74) is 1.86. The van der Waals surface area contributed by atoms with Crippen molar-refractivity contribution in [1.82, 2.24) is 15.1 Å². The number of carbonyl (C=O) groups is 1. The fourth-order valence-corrected chi connectivity index (χ4v) is 1.73. The van der Waals surface area contributed by atoms with Crippen LogP contribution in [0.5, 0.6) is 0 Å². The predicted molar refractivity (Wildman–Crippen MR) is 71.1 cm³/mol. The van der Waals surface area contributed by atoms with Crippen molar-refractivity contribution in [2.75, 3.05) is 0 Å². The molecule has 19 heavy (non-hydrogen) atoms. The number of aliphatic hydroxyl groups excluding tert-OH is 1. The third-order valence-electron chi connectivity index (χ3n) is 2.97. The van der Waals surface area contributed by atoms with E-state index in [4.69, 9.17) is 5.11 Å². The molecule has 1 atom stereocenters. The number of hydrogen-bond donors (Lipinski definition) is 2. The van der Waals surface area contributed by atoms with Gasteiger partial charge in [-0.15, -0.1) is 0 Å². The first-order chi connectivity index (χ1) is 9.20. The van der Waals surface area contributed by atoms with Gasteiger partial charge in [-0.2, -0.15) is 5.10 Å². The van der Waals surface area contributed by atoms with E-state index in [0.29, 0.717) is 6.54 Å². The molecule has 0 aliphatic rings. The van der Waals surface area contributed by atoms with Crippen LogP contribution in [0.15, 0.2) is 42.7 Å². The van der Waals surface area contributed by atoms with Gasteiger partial charge in [-0.1, -0.05) is 24.3 Å². The van der Waals surface area contributed by atoms with E-state index in [2.05, 4.69) is 10.4 Å². The summed E-state index contributed by atoms with van der Waals surface area (Å²) >= 11 is 0. The zero-order valence-electron chi connectivity index (χ0n) is 10.8. The zero-order valence-corrected chi connectivity index (χ0v) is 10.8. The van der Waals surface area contributed by atoms with Gasteiger partial charge in [0.25, 0.3) is 0 Å². The predicted octanol–water partition coefficient (Wildman–Crippen LogP) is 1.25. The van der Waals surface area contributed by atoms with Crippen LogP contribution >= 0.6 is 0 Å². The van der Waals surface area contributed by atoms with Gasteiger partial charge in [0.15, 0.2) is 0 Å². The lowest BCUT2D eigenvalue weighted by Crippen LogP contribution is -2.30. The lowest BCUT2D eigenvalue weighted by molar-refractivity contribution is -0.124. The van der Waals surface area contributed by atoms with Crippen molar-refractivity contribution in [2.24, 2.45) is 0 Å². The molecule has 0 aliphatic carbocycles. The fourth-order valence-electron chi connectivity index (χ4n) is 1.73. The van der Waals surface area contributed by atoms with E-state index in [1.54, 1.807) is 30.1 Å². The van der Waals surface area contributed by atoms with Gasteiger partial charge in [0, 0.05) is 18.9 Å². The number of rotatable bonds is 5. The number of benzene rings is 1. The normalized spacial score (nSPS) is 12.1. The van der Waals surface area contributed by atoms with Crippen LogP contribution in [0.4, 0.5) is 0 Å². The Hall–Kier alpha value is -2.14. The van der Waals surface area contributed by atoms with Gasteiger partial charge in [-0.05, 0) is 24.1 Å². The standard InChI is InChI=1S/C14H17N3O2/c1-11(17-8-2-7-16-17)14(19)15-9-12-3-5-13(10-18)6-4-12/h2-8,11,18H,9-10H2,1H3,(H,15,19). The highest BCUT2D eigenvalue weighted by atomic mass is 16.3. The second kappa shape index (κ2) is 6.15. The van der Waals surface area contributed by atoms with E-state index >= 15 is 0 Å². The molecule has 2 aromatic rings. The maximum atomic E-state index is 11.9. The Morgan fingerprint density at radius 2 is 2.05 bits per heavy atom. The molecule has 1 amide bonds. The Morgan fingerprint density at radius 1 is 1.37 bits per heavy atom. The first kappa shape index (κ1) is 13.3. The van der Waals surface area contributed by atoms with Crippen LogP contribution in [0.25, 0.3) is 0 Å². The minimum atomic E-state index is -0.327. The summed E-state index contributed by atoms with van der Waals surface area (Å²) in [5, 5.41) is 15.9. The number of nitrogens with zero attached hydrogens (tertiary/aromatic N) is 2. The van der Waals surface area contributed by atoms with Gasteiger partial charge in [0.05, 0.1) is 6.61 Å². The molecular weight excluding hydrogens is 242 g/mol. The van der Waals surface area contributed by atoms with Crippen molar-refractivity contribution < 1.29 is 9.90 Å². The molecule has 1 aromatic carbocycles. The second-order valence-electron chi connectivity index (χ2n) is 4.35. The highest BCUT2D eigenvalue weighted by Crippen LogP contribution is 2.06. The number of aliphatic hydroxyl groups is 1. The lowest BCUT2D eigenvalue weighted by atomic mass is 10.1. The summed E-state index contributed by atoms with van der Waals surface area (Å²) in [6.45, 7) is 2.30. The van der Waals surface area contributed by atoms with E-state index in [1.165, 1.54) is 0 Å². The molecule has 0 radical (unpaired) electrons. The van der Waals surface area contributed by atoms with Crippen molar-refractivity contribution in [1.29, 1.82) is 0 Å². The molecule has 2 rings (SSSR count). The van der Waals surface area contributed by atoms with Gasteiger partial charge in [-0.25, -0.2) is 0 Å². The number of nitrogens with one attached hydrogen (secondary N) is 1. The number of hydrogen-bond acceptors (Lipinski definition) is 3. The Labute approximate surface area is 111 Å². The molecule has 0 saturated heterocycles. The summed E-state index contributed by atoms with van der Waals surface area (Å²) < 4.78 is 1.62. The molecule has 1 aromatic heterocycles. The Balaban J connectivity index is 1.89. The number of amides is 1. The van der Waals surface area contributed by atoms with Gasteiger partial charge in [0.1, 0.15) is 6.04 Å². The Morgan fingerprint density at radius 3 is 2.63 bits per heavy atom. The van der Waals surface area contributed by atoms with Crippen molar-refractivity contribution >= 4 is 5.91 Å². The quantitative estimate of drug-likeness (QED) is 0.849. The molecule has 0 fully saturated rings. The molecule has 0 bridgehead atoms. The smallest absolute Gasteiger partial charge is 0.244 e. The van der Waals surface area contributed by atoms with Crippen LogP contribution in [-0.2, 0) is 17.9 Å². The first-order valence-corrected chi connectivity index (χ1v) is 6.16. The van der Waals surface area contributed by atoms with Crippen LogP contribution in [0, 0.1) is 0 Å². The van der Waals surface area contributed by atoms with Gasteiger partial charge < -0.3 is 10.4 Å². The van der Waals surface area contributed by atoms with E-state index in [-0.39, 0.29) is 18.6 Å². The number of carbonyl (C=O) groups excluding carboxylic acids is 1. The maximum Gasteiger partial charge on any atom is 0.244 e. The topological polar surface area (TPSA) is 67.2 Å². The molecular formula is C14H17N3O2. The molecule has 0 spiro atoms. The molecule has 5 heteroatoms. The van der Waals surface area contributed by atoms with E-state index < -0.39 is 0 Å². The highest BCUT2D eigenvalue weighted by molar-refractivity contribution is 5.79. The van der Waals surface area contributed by atoms with Gasteiger partial charge in [0.2, 0.25) is 5.91 Å². The fraction of sp³-hybridized carbons (Fsp3) is 0.286. The summed E-state index contributed by atoms with van der Waals surface area (Å²) in [7, 11) is 0. The molecule has 2 N–H and O–H groups in total. The highest BCUT2D eigenvalue weighted by Gasteiger charge is 2.14. The van der Waals surface area contributed by atoms with Crippen LogP contribution in [0.2, 0.25) is 0 Å². The molecule has 1 unspecified atom stereocenters. The Bertz CT molecular complexity index is 520. The molecule has 0 aliphatic heterocycles. The molecule has 0 saturated carbocycles. The molecule has 100 valence electrons. The monoisotopic (exact) mass is 259 g/mol. The first-order valence-electron chi connectivity index (χ1n) is 6.16. The summed E-state index contributed by atoms with van der Waals surface area (Å²) in [4.78, 5) is 11.9. The van der Waals surface area contributed by atoms with Crippen molar-refractivity contribution in [3.8, 4) is 0 Å². The summed E-state index contributed by atoms with van der Waals surface area (Å²) in [5.74, 6) is -0.0741. The van der Waals surface area contributed by atoms with Gasteiger partial charge >= 0.3 is 0 Å². The molecule has 5 nitrogen and oxygen atoms in total. The minimum Gasteiger partial charge on any atom is -0.392 e. The summed E-state index contributed by atoms with van der Waals surface area (Å²) in [6.07, 6.45) is 3.41. The van der Waals surface area contributed by atoms with E-state index in [0.717, 1.165) is 11.1 Å². The minimum absolute atomic E-state index is 0.0307. The van der Waals surface area contributed by atoms with Crippen LogP contribution in [-0.4, -0.2) is 20.8 Å². The second-order valence-corrected chi connectivity index (χ2v) is 4.35. The third kappa shape index (κ3) is 3.42. The van der Waals surface area contributed by atoms with Gasteiger partial charge in [-0.3, -0.25) is 9.48 Å². The summed E-state index contributed by atoms with van der Waals surface area (Å²) in [6, 6.07) is 8.94. The van der Waals surface area contributed by atoms with Crippen LogP contribution < -0.4 is 5.32 Å². The average Bonchev–Trinajstić information content (AvgIpc) is 2.98. The SMILES string of the molecule is CC(C(=O)NCc1ccc(CO)cc1)n1cccn1. The van der Waals surface area contributed by atoms with Crippen LogP contribution in [0.3, 0.4) is 0 Å². The zero-order chi connectivity index (χ0) is 13.7. The number of aromatic nitrogens is 2. The Kier molecular flexibility index (Phi) is 4.30. The maximum absolute atomic E-state index is 11.9. The van der Waals surface area contributed by atoms with Crippen molar-refractivity contribution in [3.63, 3.8) is 0 Å². The largest absolute Gasteiger partial charge is 0.392 e. The van der Waals surface area contributed by atoms with E-state index in [1.807, 2.05) is 24.3 Å². The van der Waals surface area contributed by atoms with Crippen molar-refractivity contribution in [3.05, 3.63) is 53.9 Å². The average molecular weight is 259 g/mol. The van der Waals surface area contributed by atoms with Crippen LogP contribution in [0.1, 0.15) is 24.1 Å². The third-order valence-corrected chi connectivity index (χ3v) is 2.97. The van der Waals surface area contributed by atoms with E-state index in [9.17, 15) is 4.79 Å². The lowest BCUT2D eigenvalue weighted by Gasteiger charge is -2.12. The molecule has 1 heterocycles. The van der Waals surface area contributed by atoms with Crippen molar-refractivity contribution in [2.45, 2.75) is 26.1 Å².